The molecule has 0 aromatic heterocycles. The van der Waals surface area contributed by atoms with E-state index in [0.29, 0.717) is 10.9 Å². The smallest absolute Gasteiger partial charge is 0.0198 e. The molecule has 0 aromatic rings. The van der Waals surface area contributed by atoms with Crippen LogP contribution < -0.4 is 0 Å². The van der Waals surface area contributed by atoms with Gasteiger partial charge >= 0.3 is 0 Å². The first kappa shape index (κ1) is 9.35. The summed E-state index contributed by atoms with van der Waals surface area (Å²) in [5, 5.41) is 1.77. The van der Waals surface area contributed by atoms with E-state index in [1.54, 1.807) is 0 Å². The van der Waals surface area contributed by atoms with E-state index >= 15 is 0 Å². The van der Waals surface area contributed by atoms with Gasteiger partial charge in [-0.15, -0.1) is 0 Å². The van der Waals surface area contributed by atoms with Crippen molar-refractivity contribution in [3.63, 3.8) is 0 Å². The first-order chi connectivity index (χ1) is 4.09. The molecule has 1 heteroatoms. The molecule has 0 unspecified atom stereocenters. The van der Waals surface area contributed by atoms with E-state index in [1.807, 2.05) is 0 Å². The Balaban J connectivity index is 3.68. The van der Waals surface area contributed by atoms with Crippen molar-refractivity contribution in [3.8, 4) is 0 Å². The van der Waals surface area contributed by atoms with Gasteiger partial charge in [-0.1, -0.05) is 0 Å². The van der Waals surface area contributed by atoms with Crippen molar-refractivity contribution in [1.29, 1.82) is 0 Å². The third-order valence-electron chi connectivity index (χ3n) is 1.54. The third kappa shape index (κ3) is 3.14. The largest absolute Gasteiger partial charge is 0.112 e. The molecule has 0 spiro atoms. The fraction of sp³-hybridized carbons (Fsp3) is 1.00. The van der Waals surface area contributed by atoms with Gasteiger partial charge in [0.1, 0.15) is 16.3 Å². The molecule has 0 N–H and O–H groups in total. The molecule has 56 valence electrons. The van der Waals surface area contributed by atoms with Gasteiger partial charge in [0.15, 0.2) is 0 Å². The van der Waals surface area contributed by atoms with Crippen LogP contribution in [0.5, 0.6) is 0 Å². The Hall–Kier alpha value is 0.350. The molecule has 0 nitrogen and oxygen atoms in total. The lowest BCUT2D eigenvalue weighted by Crippen LogP contribution is -2.25. The summed E-state index contributed by atoms with van der Waals surface area (Å²) in [4.78, 5) is 0. The summed E-state index contributed by atoms with van der Waals surface area (Å²) in [5.74, 6) is 1.36. The van der Waals surface area contributed by atoms with Crippen molar-refractivity contribution in [3.05, 3.63) is 0 Å². The number of hydrogen-bond donors (Lipinski definition) is 0. The molecule has 0 amide bonds. The van der Waals surface area contributed by atoms with Gasteiger partial charge in [0, 0.05) is 0 Å². The third-order valence-corrected chi connectivity index (χ3v) is 4.63. The molecule has 0 saturated carbocycles. The predicted octanol–water partition coefficient (Wildman–Crippen LogP) is 2.44. The molecule has 0 bridgehead atoms. The van der Waals surface area contributed by atoms with Gasteiger partial charge in [-0.05, 0) is 45.5 Å². The first-order valence-corrected chi connectivity index (χ1v) is 5.30. The van der Waals surface area contributed by atoms with Crippen molar-refractivity contribution >= 4 is 10.9 Å². The van der Waals surface area contributed by atoms with Crippen LogP contribution in [0.3, 0.4) is 0 Å². The minimum atomic E-state index is 0.665. The molecule has 0 rings (SSSR count). The van der Waals surface area contributed by atoms with Gasteiger partial charge in [-0.3, -0.25) is 0 Å². The number of hydrogen-bond acceptors (Lipinski definition) is 0. The highest BCUT2D eigenvalue weighted by atomic mass is 32.2. The predicted molar refractivity (Wildman–Crippen MR) is 48.2 cm³/mol. The maximum Gasteiger partial charge on any atom is 0.112 e. The minimum absolute atomic E-state index is 0.665. The van der Waals surface area contributed by atoms with E-state index in [4.69, 9.17) is 0 Å². The monoisotopic (exact) mass is 147 g/mol. The Labute approximate surface area is 62.4 Å². The van der Waals surface area contributed by atoms with Crippen molar-refractivity contribution in [2.24, 2.45) is 0 Å². The molecular formula is C8H19S+. The average molecular weight is 147 g/mol. The van der Waals surface area contributed by atoms with E-state index < -0.39 is 0 Å². The van der Waals surface area contributed by atoms with Crippen molar-refractivity contribution in [1.82, 2.24) is 0 Å². The average Bonchev–Trinajstić information content (AvgIpc) is 1.64. The van der Waals surface area contributed by atoms with Crippen LogP contribution >= 0.6 is 0 Å². The molecule has 0 radical (unpaired) electrons. The van der Waals surface area contributed by atoms with Crippen LogP contribution in [0.25, 0.3) is 0 Å². The van der Waals surface area contributed by atoms with Crippen LogP contribution in [-0.4, -0.2) is 16.3 Å². The van der Waals surface area contributed by atoms with Gasteiger partial charge in [0.05, 0.1) is 0 Å². The highest BCUT2D eigenvalue weighted by Gasteiger charge is 2.23. The van der Waals surface area contributed by atoms with Crippen LogP contribution in [0.15, 0.2) is 0 Å². The standard InChI is InChI=1S/C8H19S/c1-6-9(7(2)3)8(4)5/h7-8H,6H2,1-5H3/q+1. The van der Waals surface area contributed by atoms with Crippen molar-refractivity contribution in [2.75, 3.05) is 5.75 Å². The summed E-state index contributed by atoms with van der Waals surface area (Å²) in [7, 11) is 0.665. The number of rotatable bonds is 3. The first-order valence-electron chi connectivity index (χ1n) is 3.78. The summed E-state index contributed by atoms with van der Waals surface area (Å²) < 4.78 is 0. The van der Waals surface area contributed by atoms with Crippen LogP contribution in [0.4, 0.5) is 0 Å². The Bertz CT molecular complexity index is 59.0. The molecule has 0 aromatic carbocycles. The SMILES string of the molecule is CC[S+](C(C)C)C(C)C. The van der Waals surface area contributed by atoms with Crippen LogP contribution in [0.1, 0.15) is 34.6 Å². The van der Waals surface area contributed by atoms with E-state index in [-0.39, 0.29) is 0 Å². The summed E-state index contributed by atoms with van der Waals surface area (Å²) in [6.45, 7) is 11.6. The molecule has 0 atom stereocenters. The van der Waals surface area contributed by atoms with Gasteiger partial charge in [0.2, 0.25) is 0 Å². The lowest BCUT2D eigenvalue weighted by atomic mass is 10.5. The second-order valence-electron chi connectivity index (χ2n) is 2.86. The quantitative estimate of drug-likeness (QED) is 0.538. The molecule has 0 aliphatic carbocycles. The summed E-state index contributed by atoms with van der Waals surface area (Å²) in [5.41, 5.74) is 0. The molecule has 0 fully saturated rings. The van der Waals surface area contributed by atoms with E-state index in [2.05, 4.69) is 34.6 Å². The minimum Gasteiger partial charge on any atom is -0.0198 e. The zero-order valence-electron chi connectivity index (χ0n) is 7.27. The second kappa shape index (κ2) is 4.21. The van der Waals surface area contributed by atoms with Gasteiger partial charge < -0.3 is 0 Å². The molecule has 0 aliphatic rings. The maximum absolute atomic E-state index is 2.33. The van der Waals surface area contributed by atoms with Crippen LogP contribution in [0, 0.1) is 0 Å². The molecule has 9 heavy (non-hydrogen) atoms. The van der Waals surface area contributed by atoms with Crippen LogP contribution in [-0.2, 0) is 10.9 Å². The second-order valence-corrected chi connectivity index (χ2v) is 6.26. The van der Waals surface area contributed by atoms with Crippen LogP contribution in [0.2, 0.25) is 0 Å². The molecule has 0 saturated heterocycles. The van der Waals surface area contributed by atoms with Crippen molar-refractivity contribution in [2.45, 2.75) is 45.1 Å². The fourth-order valence-corrected chi connectivity index (χ4v) is 3.63. The van der Waals surface area contributed by atoms with Gasteiger partial charge in [0.25, 0.3) is 0 Å². The zero-order chi connectivity index (χ0) is 7.44. The van der Waals surface area contributed by atoms with Gasteiger partial charge in [-0.2, -0.15) is 0 Å². The van der Waals surface area contributed by atoms with E-state index in [9.17, 15) is 0 Å². The van der Waals surface area contributed by atoms with E-state index in [1.165, 1.54) is 5.75 Å². The Morgan fingerprint density at radius 1 is 1.00 bits per heavy atom. The Morgan fingerprint density at radius 3 is 1.33 bits per heavy atom. The summed E-state index contributed by atoms with van der Waals surface area (Å²) in [6.07, 6.45) is 0. The lowest BCUT2D eigenvalue weighted by molar-refractivity contribution is 1.02. The normalized spacial score (nSPS) is 12.0. The molecular weight excluding hydrogens is 128 g/mol. The highest BCUT2D eigenvalue weighted by Crippen LogP contribution is 2.11. The van der Waals surface area contributed by atoms with Crippen molar-refractivity contribution < 1.29 is 0 Å². The summed E-state index contributed by atoms with van der Waals surface area (Å²) >= 11 is 0. The fourth-order valence-electron chi connectivity index (χ4n) is 1.21. The summed E-state index contributed by atoms with van der Waals surface area (Å²) in [6, 6.07) is 0. The lowest BCUT2D eigenvalue weighted by Gasteiger charge is -2.13. The molecule has 0 aliphatic heterocycles. The molecule has 0 heterocycles. The highest BCUT2D eigenvalue weighted by molar-refractivity contribution is 7.97. The maximum atomic E-state index is 2.33. The topological polar surface area (TPSA) is 0 Å². The Kier molecular flexibility index (Phi) is 4.37. The van der Waals surface area contributed by atoms with Gasteiger partial charge in [-0.25, -0.2) is 0 Å². The van der Waals surface area contributed by atoms with E-state index in [0.717, 1.165) is 10.5 Å². The Morgan fingerprint density at radius 2 is 1.33 bits per heavy atom. The zero-order valence-corrected chi connectivity index (χ0v) is 8.09.